The first-order valence-corrected chi connectivity index (χ1v) is 4.36. The third-order valence-electron chi connectivity index (χ3n) is 1.66. The second kappa shape index (κ2) is 7.76. The van der Waals surface area contributed by atoms with Crippen LogP contribution in [-0.2, 0) is 14.4 Å². The van der Waals surface area contributed by atoms with Gasteiger partial charge >= 0.3 is 35.5 Å². The fourth-order valence-electron chi connectivity index (χ4n) is 1.03. The van der Waals surface area contributed by atoms with E-state index in [0.29, 0.717) is 32.7 Å². The van der Waals surface area contributed by atoms with Crippen molar-refractivity contribution in [3.63, 3.8) is 0 Å². The Bertz CT molecular complexity index is 148. The number of ether oxygens (including phenoxy) is 1. The molecule has 0 bridgehead atoms. The summed E-state index contributed by atoms with van der Waals surface area (Å²) < 4.78 is 5.11. The molecule has 0 aromatic carbocycles. The molecule has 13 heavy (non-hydrogen) atoms. The molecular weight excluding hydrogens is 181 g/mol. The van der Waals surface area contributed by atoms with Crippen molar-refractivity contribution in [3.8, 4) is 0 Å². The average Bonchev–Trinajstić information content (AvgIpc) is 2.06. The normalized spacial score (nSPS) is 17.6. The molecule has 1 fully saturated rings. The van der Waals surface area contributed by atoms with Crippen LogP contribution in [0.15, 0.2) is 0 Å². The van der Waals surface area contributed by atoms with E-state index in [4.69, 9.17) is 9.57 Å². The number of carbonyl (C=O) groups excluding carboxylic acids is 1. The van der Waals surface area contributed by atoms with Crippen LogP contribution in [0.4, 0.5) is 0 Å². The van der Waals surface area contributed by atoms with Crippen LogP contribution >= 0.6 is 0 Å². The standard InChI is InChI=1S/C8H15NO3.Na.H/c1-2-3-8(10)12-9-4-6-11-7-5-9;;/h2-7H2,1H3;;. The fourth-order valence-corrected chi connectivity index (χ4v) is 1.03. The first kappa shape index (κ1) is 13.4. The zero-order valence-electron chi connectivity index (χ0n) is 7.41. The van der Waals surface area contributed by atoms with Crippen molar-refractivity contribution in [1.82, 2.24) is 5.06 Å². The van der Waals surface area contributed by atoms with Gasteiger partial charge in [0.1, 0.15) is 0 Å². The Morgan fingerprint density at radius 1 is 1.46 bits per heavy atom. The number of nitrogens with zero attached hydrogens (tertiary/aromatic N) is 1. The van der Waals surface area contributed by atoms with Crippen LogP contribution in [0.5, 0.6) is 0 Å². The maximum atomic E-state index is 11.0. The van der Waals surface area contributed by atoms with Crippen molar-refractivity contribution in [2.75, 3.05) is 26.3 Å². The molecule has 1 heterocycles. The second-order valence-electron chi connectivity index (χ2n) is 2.75. The van der Waals surface area contributed by atoms with Crippen molar-refractivity contribution >= 4 is 35.5 Å². The Morgan fingerprint density at radius 3 is 2.62 bits per heavy atom. The molecule has 0 spiro atoms. The van der Waals surface area contributed by atoms with Gasteiger partial charge in [-0.2, -0.15) is 0 Å². The Balaban J connectivity index is 0.00000144. The molecule has 4 nitrogen and oxygen atoms in total. The van der Waals surface area contributed by atoms with Crippen LogP contribution in [0.2, 0.25) is 0 Å². The van der Waals surface area contributed by atoms with E-state index in [1.165, 1.54) is 0 Å². The average molecular weight is 197 g/mol. The van der Waals surface area contributed by atoms with Gasteiger partial charge in [-0.25, -0.2) is 0 Å². The number of rotatable bonds is 3. The topological polar surface area (TPSA) is 38.8 Å². The molecule has 1 aliphatic rings. The van der Waals surface area contributed by atoms with Gasteiger partial charge < -0.3 is 9.57 Å². The summed E-state index contributed by atoms with van der Waals surface area (Å²) in [5.74, 6) is -0.139. The van der Waals surface area contributed by atoms with Gasteiger partial charge in [-0.05, 0) is 6.42 Å². The first-order valence-electron chi connectivity index (χ1n) is 4.36. The summed E-state index contributed by atoms with van der Waals surface area (Å²) in [6, 6.07) is 0. The molecule has 0 radical (unpaired) electrons. The summed E-state index contributed by atoms with van der Waals surface area (Å²) >= 11 is 0. The van der Waals surface area contributed by atoms with Crippen molar-refractivity contribution in [2.45, 2.75) is 19.8 Å². The minimum atomic E-state index is -0.139. The van der Waals surface area contributed by atoms with E-state index in [9.17, 15) is 4.79 Å². The van der Waals surface area contributed by atoms with Crippen molar-refractivity contribution in [1.29, 1.82) is 0 Å². The molecule has 72 valence electrons. The van der Waals surface area contributed by atoms with Gasteiger partial charge in [0, 0.05) is 6.42 Å². The van der Waals surface area contributed by atoms with E-state index >= 15 is 0 Å². The zero-order valence-corrected chi connectivity index (χ0v) is 7.41. The number of hydroxylamine groups is 2. The number of hydrogen-bond acceptors (Lipinski definition) is 4. The summed E-state index contributed by atoms with van der Waals surface area (Å²) in [5.41, 5.74) is 0. The third kappa shape index (κ3) is 5.65. The van der Waals surface area contributed by atoms with Gasteiger partial charge in [-0.15, -0.1) is 5.06 Å². The zero-order chi connectivity index (χ0) is 8.81. The van der Waals surface area contributed by atoms with Crippen LogP contribution < -0.4 is 0 Å². The Morgan fingerprint density at radius 2 is 2.08 bits per heavy atom. The number of hydrogen-bond donors (Lipinski definition) is 0. The molecular formula is C8H16NNaO3. The summed E-state index contributed by atoms with van der Waals surface area (Å²) in [5, 5.41) is 1.67. The van der Waals surface area contributed by atoms with E-state index in [2.05, 4.69) is 0 Å². The molecule has 0 aliphatic carbocycles. The molecule has 0 aromatic rings. The Hall–Kier alpha value is 0.390. The monoisotopic (exact) mass is 197 g/mol. The predicted octanol–water partition coefficient (Wildman–Crippen LogP) is -0.0716. The molecule has 1 aliphatic heterocycles. The Labute approximate surface area is 101 Å². The minimum absolute atomic E-state index is 0. The third-order valence-corrected chi connectivity index (χ3v) is 1.66. The SMILES string of the molecule is CCCC(=O)ON1CCOCC1.[NaH]. The Kier molecular flexibility index (Phi) is 8.00. The fraction of sp³-hybridized carbons (Fsp3) is 0.875. The maximum absolute atomic E-state index is 11.0. The predicted molar refractivity (Wildman–Crippen MR) is 50.5 cm³/mol. The van der Waals surface area contributed by atoms with Crippen LogP contribution in [-0.4, -0.2) is 66.9 Å². The van der Waals surface area contributed by atoms with E-state index in [0.717, 1.165) is 6.42 Å². The summed E-state index contributed by atoms with van der Waals surface area (Å²) in [7, 11) is 0. The van der Waals surface area contributed by atoms with E-state index in [1.807, 2.05) is 6.92 Å². The molecule has 0 atom stereocenters. The van der Waals surface area contributed by atoms with Gasteiger partial charge in [0.25, 0.3) is 0 Å². The molecule has 0 amide bonds. The summed E-state index contributed by atoms with van der Waals surface area (Å²) in [6.45, 7) is 4.64. The number of morpholine rings is 1. The quantitative estimate of drug-likeness (QED) is 0.594. The molecule has 1 rings (SSSR count). The molecule has 1 saturated heterocycles. The number of carbonyl (C=O) groups is 1. The summed E-state index contributed by atoms with van der Waals surface area (Å²) in [6.07, 6.45) is 1.33. The van der Waals surface area contributed by atoms with Gasteiger partial charge in [0.05, 0.1) is 26.3 Å². The summed E-state index contributed by atoms with van der Waals surface area (Å²) in [4.78, 5) is 16.1. The van der Waals surface area contributed by atoms with Gasteiger partial charge in [-0.3, -0.25) is 4.79 Å². The van der Waals surface area contributed by atoms with Crippen LogP contribution in [0, 0.1) is 0 Å². The van der Waals surface area contributed by atoms with E-state index < -0.39 is 0 Å². The molecule has 0 N–H and O–H groups in total. The van der Waals surface area contributed by atoms with Crippen LogP contribution in [0.1, 0.15) is 19.8 Å². The molecule has 0 unspecified atom stereocenters. The van der Waals surface area contributed by atoms with Gasteiger partial charge in [0.2, 0.25) is 0 Å². The van der Waals surface area contributed by atoms with E-state index in [-0.39, 0.29) is 35.5 Å². The van der Waals surface area contributed by atoms with Crippen molar-refractivity contribution in [3.05, 3.63) is 0 Å². The molecule has 0 saturated carbocycles. The van der Waals surface area contributed by atoms with Crippen molar-refractivity contribution in [2.24, 2.45) is 0 Å². The van der Waals surface area contributed by atoms with Gasteiger partial charge in [0.15, 0.2) is 0 Å². The first-order chi connectivity index (χ1) is 5.83. The van der Waals surface area contributed by atoms with Gasteiger partial charge in [-0.1, -0.05) is 6.92 Å². The molecule has 0 aromatic heterocycles. The second-order valence-corrected chi connectivity index (χ2v) is 2.75. The molecule has 5 heteroatoms. The van der Waals surface area contributed by atoms with Crippen LogP contribution in [0.3, 0.4) is 0 Å². The van der Waals surface area contributed by atoms with Crippen LogP contribution in [0.25, 0.3) is 0 Å². The van der Waals surface area contributed by atoms with E-state index in [1.54, 1.807) is 5.06 Å². The van der Waals surface area contributed by atoms with Crippen molar-refractivity contribution < 1.29 is 14.4 Å².